The van der Waals surface area contributed by atoms with Gasteiger partial charge >= 0.3 is 0 Å². The molecule has 0 unspecified atom stereocenters. The Morgan fingerprint density at radius 1 is 1.19 bits per heavy atom. The number of aromatic nitrogens is 2. The van der Waals surface area contributed by atoms with Crippen LogP contribution in [-0.4, -0.2) is 35.0 Å². The number of fused-ring (bicyclic) bond motifs is 1. The molecule has 1 aliphatic heterocycles. The Labute approximate surface area is 152 Å². The molecule has 1 saturated heterocycles. The first kappa shape index (κ1) is 16.8. The van der Waals surface area contributed by atoms with Crippen molar-refractivity contribution in [3.63, 3.8) is 0 Å². The predicted molar refractivity (Wildman–Crippen MR) is 103 cm³/mol. The van der Waals surface area contributed by atoms with E-state index < -0.39 is 0 Å². The Morgan fingerprint density at radius 3 is 2.81 bits per heavy atom. The topological polar surface area (TPSA) is 95.8 Å². The molecular formula is C20H23N5O. The molecular weight excluding hydrogens is 326 g/mol. The van der Waals surface area contributed by atoms with Crippen LogP contribution in [0.4, 0.5) is 5.95 Å². The van der Waals surface area contributed by atoms with Crippen LogP contribution in [0.1, 0.15) is 17.5 Å². The summed E-state index contributed by atoms with van der Waals surface area (Å²) in [5.41, 5.74) is 9.91. The van der Waals surface area contributed by atoms with Crippen LogP contribution in [0.3, 0.4) is 0 Å². The lowest BCUT2D eigenvalue weighted by Crippen LogP contribution is -2.35. The van der Waals surface area contributed by atoms with Crippen molar-refractivity contribution in [1.29, 1.82) is 0 Å². The molecule has 0 spiro atoms. The molecule has 3 aromatic rings. The number of imidazole rings is 1. The second-order valence-electron chi connectivity index (χ2n) is 6.89. The van der Waals surface area contributed by atoms with E-state index >= 15 is 0 Å². The third-order valence-corrected chi connectivity index (χ3v) is 4.91. The van der Waals surface area contributed by atoms with E-state index in [1.807, 2.05) is 24.3 Å². The van der Waals surface area contributed by atoms with E-state index in [1.165, 1.54) is 11.1 Å². The number of nitrogens with one attached hydrogen (secondary N) is 3. The van der Waals surface area contributed by atoms with Crippen LogP contribution in [0.25, 0.3) is 11.0 Å². The molecule has 134 valence electrons. The maximum absolute atomic E-state index is 12.4. The van der Waals surface area contributed by atoms with E-state index in [0.717, 1.165) is 30.4 Å². The molecule has 0 aliphatic carbocycles. The number of benzene rings is 2. The minimum atomic E-state index is -0.203. The fourth-order valence-corrected chi connectivity index (χ4v) is 3.45. The fourth-order valence-electron chi connectivity index (χ4n) is 3.45. The van der Waals surface area contributed by atoms with Gasteiger partial charge in [0.2, 0.25) is 11.9 Å². The van der Waals surface area contributed by atoms with Crippen molar-refractivity contribution < 1.29 is 4.79 Å². The summed E-state index contributed by atoms with van der Waals surface area (Å²) < 4.78 is 0. The highest BCUT2D eigenvalue weighted by molar-refractivity contribution is 5.95. The molecule has 2 aromatic carbocycles. The zero-order chi connectivity index (χ0) is 17.9. The Bertz CT molecular complexity index is 905. The second-order valence-corrected chi connectivity index (χ2v) is 6.89. The van der Waals surface area contributed by atoms with Crippen molar-refractivity contribution in [2.24, 2.45) is 11.7 Å². The van der Waals surface area contributed by atoms with Gasteiger partial charge in [-0.25, -0.2) is 4.98 Å². The molecule has 1 fully saturated rings. The zero-order valence-electron chi connectivity index (χ0n) is 14.5. The Morgan fingerprint density at radius 2 is 2.04 bits per heavy atom. The summed E-state index contributed by atoms with van der Waals surface area (Å²) in [5.74, 6) is 0.784. The first-order valence-electron chi connectivity index (χ1n) is 8.98. The molecule has 0 radical (unpaired) electrons. The van der Waals surface area contributed by atoms with Crippen molar-refractivity contribution >= 4 is 22.9 Å². The zero-order valence-corrected chi connectivity index (χ0v) is 14.5. The normalized spacial score (nSPS) is 19.7. The third-order valence-electron chi connectivity index (χ3n) is 4.91. The standard InChI is InChI=1S/C20H23N5O/c21-11-15-10-18(22-12-15)19(26)25-20-23-16-7-6-14(9-17(16)24-20)8-13-4-2-1-3-5-13/h1-7,9,15,18,22H,8,10-12,21H2,(H2,23,24,25,26)/t15-,18-/m1/s1. The van der Waals surface area contributed by atoms with Crippen LogP contribution in [-0.2, 0) is 11.2 Å². The van der Waals surface area contributed by atoms with Gasteiger partial charge in [0.05, 0.1) is 17.1 Å². The molecule has 2 heterocycles. The summed E-state index contributed by atoms with van der Waals surface area (Å²) in [7, 11) is 0. The quantitative estimate of drug-likeness (QED) is 0.567. The maximum atomic E-state index is 12.4. The van der Waals surface area contributed by atoms with E-state index in [9.17, 15) is 4.79 Å². The number of amides is 1. The number of anilines is 1. The van der Waals surface area contributed by atoms with Gasteiger partial charge in [-0.05, 0) is 55.1 Å². The summed E-state index contributed by atoms with van der Waals surface area (Å²) in [6, 6.07) is 16.3. The molecule has 4 rings (SSSR count). The molecule has 5 N–H and O–H groups in total. The average molecular weight is 349 g/mol. The van der Waals surface area contributed by atoms with Crippen molar-refractivity contribution in [1.82, 2.24) is 15.3 Å². The van der Waals surface area contributed by atoms with Crippen LogP contribution in [0.2, 0.25) is 0 Å². The highest BCUT2D eigenvalue weighted by Gasteiger charge is 2.28. The number of nitrogens with zero attached hydrogens (tertiary/aromatic N) is 1. The lowest BCUT2D eigenvalue weighted by Gasteiger charge is -2.09. The van der Waals surface area contributed by atoms with E-state index in [4.69, 9.17) is 5.73 Å². The fraction of sp³-hybridized carbons (Fsp3) is 0.300. The van der Waals surface area contributed by atoms with Gasteiger partial charge in [0, 0.05) is 0 Å². The van der Waals surface area contributed by atoms with Gasteiger partial charge in [0.15, 0.2) is 0 Å². The minimum absolute atomic E-state index is 0.0653. The summed E-state index contributed by atoms with van der Waals surface area (Å²) in [6.45, 7) is 1.39. The lowest BCUT2D eigenvalue weighted by atomic mass is 10.0. The molecule has 1 amide bonds. The molecule has 1 aliphatic rings. The lowest BCUT2D eigenvalue weighted by molar-refractivity contribution is -0.117. The molecule has 1 aromatic heterocycles. The average Bonchev–Trinajstić information content (AvgIpc) is 3.28. The number of aromatic amines is 1. The summed E-state index contributed by atoms with van der Waals surface area (Å²) in [4.78, 5) is 20.1. The largest absolute Gasteiger partial charge is 0.330 e. The molecule has 26 heavy (non-hydrogen) atoms. The molecule has 6 heteroatoms. The molecule has 6 nitrogen and oxygen atoms in total. The first-order chi connectivity index (χ1) is 12.7. The molecule has 0 saturated carbocycles. The number of hydrogen-bond donors (Lipinski definition) is 4. The van der Waals surface area contributed by atoms with E-state index in [2.05, 4.69) is 44.9 Å². The van der Waals surface area contributed by atoms with E-state index in [1.54, 1.807) is 0 Å². The second kappa shape index (κ2) is 7.27. The van der Waals surface area contributed by atoms with Gasteiger partial charge < -0.3 is 16.0 Å². The van der Waals surface area contributed by atoms with Crippen molar-refractivity contribution in [3.05, 3.63) is 59.7 Å². The third kappa shape index (κ3) is 3.61. The number of rotatable bonds is 5. The highest BCUT2D eigenvalue weighted by Crippen LogP contribution is 2.19. The number of carbonyl (C=O) groups is 1. The van der Waals surface area contributed by atoms with Crippen molar-refractivity contribution in [2.45, 2.75) is 18.9 Å². The smallest absolute Gasteiger partial charge is 0.243 e. The van der Waals surface area contributed by atoms with Gasteiger partial charge in [-0.15, -0.1) is 0 Å². The summed E-state index contributed by atoms with van der Waals surface area (Å²) in [6.07, 6.45) is 1.63. The van der Waals surface area contributed by atoms with Gasteiger partial charge in [0.25, 0.3) is 0 Å². The van der Waals surface area contributed by atoms with Gasteiger partial charge in [-0.1, -0.05) is 36.4 Å². The number of nitrogens with two attached hydrogens (primary N) is 1. The van der Waals surface area contributed by atoms with Gasteiger partial charge in [-0.2, -0.15) is 0 Å². The van der Waals surface area contributed by atoms with E-state index in [-0.39, 0.29) is 11.9 Å². The number of H-pyrrole nitrogens is 1. The Balaban J connectivity index is 1.46. The Hall–Kier alpha value is -2.70. The van der Waals surface area contributed by atoms with E-state index in [0.29, 0.717) is 18.4 Å². The monoisotopic (exact) mass is 349 g/mol. The summed E-state index contributed by atoms with van der Waals surface area (Å²) in [5, 5.41) is 6.09. The summed E-state index contributed by atoms with van der Waals surface area (Å²) >= 11 is 0. The van der Waals surface area contributed by atoms with Gasteiger partial charge in [0.1, 0.15) is 0 Å². The van der Waals surface area contributed by atoms with Crippen LogP contribution < -0.4 is 16.4 Å². The molecule has 0 bridgehead atoms. The maximum Gasteiger partial charge on any atom is 0.243 e. The Kier molecular flexibility index (Phi) is 4.69. The van der Waals surface area contributed by atoms with Crippen LogP contribution in [0.5, 0.6) is 0 Å². The first-order valence-corrected chi connectivity index (χ1v) is 8.98. The van der Waals surface area contributed by atoms with Crippen LogP contribution in [0, 0.1) is 5.92 Å². The number of hydrogen-bond acceptors (Lipinski definition) is 4. The highest BCUT2D eigenvalue weighted by atomic mass is 16.2. The SMILES string of the molecule is NC[C@@H]1CN[C@@H](C(=O)Nc2nc3ccc(Cc4ccccc4)cc3[nH]2)C1. The van der Waals surface area contributed by atoms with Gasteiger partial charge in [-0.3, -0.25) is 10.1 Å². The van der Waals surface area contributed by atoms with Crippen molar-refractivity contribution in [2.75, 3.05) is 18.4 Å². The van der Waals surface area contributed by atoms with Crippen LogP contribution in [0.15, 0.2) is 48.5 Å². The van der Waals surface area contributed by atoms with Crippen LogP contribution >= 0.6 is 0 Å². The minimum Gasteiger partial charge on any atom is -0.330 e. The number of carbonyl (C=O) groups excluding carboxylic acids is 1. The predicted octanol–water partition coefficient (Wildman–Crippen LogP) is 2.03. The van der Waals surface area contributed by atoms with Crippen molar-refractivity contribution in [3.8, 4) is 0 Å². The molecule has 2 atom stereocenters.